The van der Waals surface area contributed by atoms with Gasteiger partial charge in [-0.1, -0.05) is 12.1 Å². The third kappa shape index (κ3) is 4.17. The molecule has 1 heterocycles. The van der Waals surface area contributed by atoms with Crippen LogP contribution in [0.2, 0.25) is 0 Å². The van der Waals surface area contributed by atoms with Crippen LogP contribution in [0.1, 0.15) is 23.2 Å². The number of likely N-dealkylation sites (tertiary alicyclic amines) is 1. The number of sulfonamides is 1. The molecule has 0 atom stereocenters. The molecule has 9 nitrogen and oxygen atoms in total. The minimum absolute atomic E-state index is 0.00370. The molecule has 2 aromatic rings. The summed E-state index contributed by atoms with van der Waals surface area (Å²) in [5, 5.41) is 13.6. The third-order valence-electron chi connectivity index (χ3n) is 4.32. The van der Waals surface area contributed by atoms with Gasteiger partial charge >= 0.3 is 0 Å². The molecule has 1 saturated heterocycles. The van der Waals surface area contributed by atoms with Crippen LogP contribution in [-0.4, -0.2) is 43.6 Å². The van der Waals surface area contributed by atoms with Gasteiger partial charge in [0.25, 0.3) is 21.6 Å². The lowest BCUT2D eigenvalue weighted by molar-refractivity contribution is -0.385. The topological polar surface area (TPSA) is 122 Å². The predicted octanol–water partition coefficient (Wildman–Crippen LogP) is 2.66. The molecule has 0 saturated carbocycles. The van der Waals surface area contributed by atoms with Crippen LogP contribution in [-0.2, 0) is 10.0 Å². The van der Waals surface area contributed by atoms with E-state index in [1.54, 1.807) is 11.9 Å². The Morgan fingerprint density at radius 1 is 1.18 bits per heavy atom. The van der Waals surface area contributed by atoms with Crippen molar-refractivity contribution in [2.24, 2.45) is 4.40 Å². The van der Waals surface area contributed by atoms with Crippen LogP contribution in [0.25, 0.3) is 0 Å². The Morgan fingerprint density at radius 2 is 1.86 bits per heavy atom. The number of amides is 1. The van der Waals surface area contributed by atoms with E-state index >= 15 is 0 Å². The number of hydrogen-bond donors (Lipinski definition) is 1. The average molecular weight is 402 g/mol. The fourth-order valence-corrected chi connectivity index (χ4v) is 3.93. The molecule has 1 fully saturated rings. The first kappa shape index (κ1) is 19.5. The largest absolute Gasteiger partial charge is 0.362 e. The number of nitrogens with one attached hydrogen (secondary N) is 1. The molecule has 0 aliphatic carbocycles. The van der Waals surface area contributed by atoms with E-state index in [0.29, 0.717) is 17.9 Å². The molecule has 0 bridgehead atoms. The Morgan fingerprint density at radius 3 is 2.46 bits per heavy atom. The summed E-state index contributed by atoms with van der Waals surface area (Å²) in [6.07, 6.45) is 1.47. The van der Waals surface area contributed by atoms with E-state index < -0.39 is 20.9 Å². The molecular weight excluding hydrogens is 384 g/mol. The summed E-state index contributed by atoms with van der Waals surface area (Å²) in [4.78, 5) is 24.5. The van der Waals surface area contributed by atoms with E-state index in [0.717, 1.165) is 13.0 Å². The number of nitro groups is 1. The first-order valence-electron chi connectivity index (χ1n) is 8.48. The lowest BCUT2D eigenvalue weighted by atomic mass is 10.1. The lowest BCUT2D eigenvalue weighted by Crippen LogP contribution is -2.20. The Balaban J connectivity index is 1.78. The Bertz CT molecular complexity index is 1050. The van der Waals surface area contributed by atoms with Gasteiger partial charge in [-0.05, 0) is 36.8 Å². The third-order valence-corrected chi connectivity index (χ3v) is 5.63. The minimum Gasteiger partial charge on any atom is -0.362 e. The van der Waals surface area contributed by atoms with Crippen molar-refractivity contribution >= 4 is 33.1 Å². The first-order valence-corrected chi connectivity index (χ1v) is 9.92. The van der Waals surface area contributed by atoms with Crippen LogP contribution in [0.5, 0.6) is 0 Å². The highest BCUT2D eigenvalue weighted by Crippen LogP contribution is 2.22. The molecule has 0 unspecified atom stereocenters. The van der Waals surface area contributed by atoms with Gasteiger partial charge in [0, 0.05) is 31.8 Å². The molecule has 3 rings (SSSR count). The number of rotatable bonds is 5. The van der Waals surface area contributed by atoms with E-state index in [1.165, 1.54) is 48.5 Å². The van der Waals surface area contributed by atoms with Crippen molar-refractivity contribution in [2.75, 3.05) is 18.9 Å². The van der Waals surface area contributed by atoms with E-state index in [2.05, 4.69) is 9.71 Å². The average Bonchev–Trinajstić information content (AvgIpc) is 3.06. The number of benzene rings is 2. The van der Waals surface area contributed by atoms with Crippen molar-refractivity contribution in [3.05, 3.63) is 64.2 Å². The maximum atomic E-state index is 12.4. The van der Waals surface area contributed by atoms with Gasteiger partial charge in [0.2, 0.25) is 0 Å². The maximum absolute atomic E-state index is 12.4. The number of carbonyl (C=O) groups is 1. The SMILES string of the molecule is CN1CCC/C1=N\S(=O)(=O)c1ccc(NC(=O)c2ccccc2[N+](=O)[O-])cc1. The fourth-order valence-electron chi connectivity index (χ4n) is 2.83. The normalized spacial score (nSPS) is 15.6. The molecule has 1 amide bonds. The smallest absolute Gasteiger partial charge is 0.283 e. The number of anilines is 1. The van der Waals surface area contributed by atoms with Gasteiger partial charge in [-0.3, -0.25) is 14.9 Å². The van der Waals surface area contributed by atoms with Crippen molar-refractivity contribution in [1.82, 2.24) is 4.90 Å². The molecule has 146 valence electrons. The van der Waals surface area contributed by atoms with Crippen molar-refractivity contribution in [2.45, 2.75) is 17.7 Å². The number of para-hydroxylation sites is 1. The quantitative estimate of drug-likeness (QED) is 0.606. The van der Waals surface area contributed by atoms with Crippen LogP contribution in [0.3, 0.4) is 0 Å². The van der Waals surface area contributed by atoms with Crippen LogP contribution >= 0.6 is 0 Å². The van der Waals surface area contributed by atoms with Crippen LogP contribution in [0, 0.1) is 10.1 Å². The summed E-state index contributed by atoms with van der Waals surface area (Å²) in [5.74, 6) is -0.135. The number of nitrogens with zero attached hydrogens (tertiary/aromatic N) is 3. The van der Waals surface area contributed by atoms with Crippen molar-refractivity contribution < 1.29 is 18.1 Å². The molecule has 0 spiro atoms. The van der Waals surface area contributed by atoms with Crippen LogP contribution in [0.15, 0.2) is 57.8 Å². The molecule has 10 heteroatoms. The van der Waals surface area contributed by atoms with Gasteiger partial charge in [-0.2, -0.15) is 8.42 Å². The molecular formula is C18H18N4O5S. The molecule has 28 heavy (non-hydrogen) atoms. The van der Waals surface area contributed by atoms with Gasteiger partial charge in [-0.15, -0.1) is 4.40 Å². The molecule has 1 N–H and O–H groups in total. The lowest BCUT2D eigenvalue weighted by Gasteiger charge is -2.11. The molecule has 1 aliphatic heterocycles. The van der Waals surface area contributed by atoms with Gasteiger partial charge in [0.15, 0.2) is 0 Å². The highest BCUT2D eigenvalue weighted by atomic mass is 32.2. The maximum Gasteiger partial charge on any atom is 0.283 e. The second-order valence-electron chi connectivity index (χ2n) is 6.26. The standard InChI is InChI=1S/C18H18N4O5S/c1-21-12-4-7-17(21)20-28(26,27)14-10-8-13(9-11-14)19-18(23)15-5-2-3-6-16(15)22(24)25/h2-3,5-6,8-11H,4,7,12H2,1H3,(H,19,23)/b20-17+. The number of carbonyl (C=O) groups excluding carboxylic acids is 1. The summed E-state index contributed by atoms with van der Waals surface area (Å²) in [7, 11) is -2.05. The van der Waals surface area contributed by atoms with Crippen LogP contribution in [0.4, 0.5) is 11.4 Å². The zero-order valence-electron chi connectivity index (χ0n) is 15.0. The van der Waals surface area contributed by atoms with Gasteiger partial charge in [0.05, 0.1) is 9.82 Å². The first-order chi connectivity index (χ1) is 13.3. The molecule has 0 radical (unpaired) electrons. The van der Waals surface area contributed by atoms with Gasteiger partial charge in [0.1, 0.15) is 11.4 Å². The Labute approximate surface area is 161 Å². The number of amidine groups is 1. The second kappa shape index (κ2) is 7.77. The second-order valence-corrected chi connectivity index (χ2v) is 7.86. The summed E-state index contributed by atoms with van der Waals surface area (Å²) >= 11 is 0. The highest BCUT2D eigenvalue weighted by Gasteiger charge is 2.21. The Hall–Kier alpha value is -3.27. The molecule has 0 aromatic heterocycles. The zero-order valence-corrected chi connectivity index (χ0v) is 15.8. The zero-order chi connectivity index (χ0) is 20.3. The number of hydrogen-bond acceptors (Lipinski definition) is 5. The monoisotopic (exact) mass is 402 g/mol. The van der Waals surface area contributed by atoms with Crippen molar-refractivity contribution in [1.29, 1.82) is 0 Å². The summed E-state index contributed by atoms with van der Waals surface area (Å²) in [6.45, 7) is 0.769. The summed E-state index contributed by atoms with van der Waals surface area (Å²) < 4.78 is 28.7. The van der Waals surface area contributed by atoms with E-state index in [-0.39, 0.29) is 16.1 Å². The highest BCUT2D eigenvalue weighted by molar-refractivity contribution is 7.90. The van der Waals surface area contributed by atoms with Gasteiger partial charge < -0.3 is 10.2 Å². The molecule has 2 aromatic carbocycles. The Kier molecular flexibility index (Phi) is 5.41. The van der Waals surface area contributed by atoms with Crippen molar-refractivity contribution in [3.63, 3.8) is 0 Å². The van der Waals surface area contributed by atoms with Gasteiger partial charge in [-0.25, -0.2) is 0 Å². The van der Waals surface area contributed by atoms with E-state index in [4.69, 9.17) is 0 Å². The molecule has 1 aliphatic rings. The summed E-state index contributed by atoms with van der Waals surface area (Å²) in [6, 6.07) is 11.1. The predicted molar refractivity (Wildman–Crippen MR) is 104 cm³/mol. The van der Waals surface area contributed by atoms with Crippen LogP contribution < -0.4 is 5.32 Å². The minimum atomic E-state index is -3.85. The number of nitro benzene ring substituents is 1. The van der Waals surface area contributed by atoms with E-state index in [9.17, 15) is 23.3 Å². The summed E-state index contributed by atoms with van der Waals surface area (Å²) in [5.41, 5.74) is -0.0803. The fraction of sp³-hybridized carbons (Fsp3) is 0.222. The van der Waals surface area contributed by atoms with E-state index in [1.807, 2.05) is 0 Å². The van der Waals surface area contributed by atoms with Crippen molar-refractivity contribution in [3.8, 4) is 0 Å².